The zero-order chi connectivity index (χ0) is 19.4. The molecule has 0 fully saturated rings. The fourth-order valence-electron chi connectivity index (χ4n) is 2.12. The van der Waals surface area contributed by atoms with E-state index in [-0.39, 0.29) is 18.8 Å². The second-order valence-corrected chi connectivity index (χ2v) is 5.46. The summed E-state index contributed by atoms with van der Waals surface area (Å²) in [6.45, 7) is 5.92. The van der Waals surface area contributed by atoms with Gasteiger partial charge in [0.05, 0.1) is 26.4 Å². The largest absolute Gasteiger partial charge is 0.382 e. The lowest BCUT2D eigenvalue weighted by Gasteiger charge is -2.13. The fraction of sp³-hybridized carbons (Fsp3) is 0.875. The highest BCUT2D eigenvalue weighted by molar-refractivity contribution is 5.00. The van der Waals surface area contributed by atoms with Crippen LogP contribution < -0.4 is 5.43 Å². The molecule has 0 N–H and O–H groups in total. The number of methoxy groups -OCH3 is 4. The smallest absolute Gasteiger partial charge is 0.271 e. The molecule has 0 aliphatic rings. The maximum atomic E-state index is 5.73. The van der Waals surface area contributed by atoms with Crippen LogP contribution in [0.15, 0.2) is 0 Å². The number of aromatic nitrogens is 3. The standard InChI is InChI=1S/C16H31N4O6/c1-12(25-9-7-21-3)15-18-19-16(13(2)26-10-8-22-4)20(15)17-11-14(23-5)24-6/h12-14H,7-11H2,1-6H3/q+1/t12-,13-/m0/s1. The topological polar surface area (TPSA) is 100 Å². The third kappa shape index (κ3) is 7.23. The van der Waals surface area contributed by atoms with Crippen LogP contribution in [0.3, 0.4) is 0 Å². The molecular formula is C16H31N4O6+. The Morgan fingerprint density at radius 3 is 1.65 bits per heavy atom. The van der Waals surface area contributed by atoms with Crippen molar-refractivity contribution in [2.45, 2.75) is 32.3 Å². The highest BCUT2D eigenvalue weighted by Crippen LogP contribution is 2.20. The van der Waals surface area contributed by atoms with Crippen LogP contribution in [0.4, 0.5) is 0 Å². The molecule has 10 nitrogen and oxygen atoms in total. The minimum atomic E-state index is -0.465. The van der Waals surface area contributed by atoms with Crippen molar-refractivity contribution in [2.24, 2.45) is 0 Å². The van der Waals surface area contributed by atoms with Crippen LogP contribution in [0.25, 0.3) is 0 Å². The van der Waals surface area contributed by atoms with Gasteiger partial charge in [-0.25, -0.2) is 0 Å². The summed E-state index contributed by atoms with van der Waals surface area (Å²) in [6, 6.07) is 0. The highest BCUT2D eigenvalue weighted by atomic mass is 16.7. The molecule has 2 radical (unpaired) electrons. The molecule has 1 rings (SSSR count). The lowest BCUT2D eigenvalue weighted by Crippen LogP contribution is -2.31. The number of ether oxygens (including phenoxy) is 6. The van der Waals surface area contributed by atoms with Gasteiger partial charge in [0.25, 0.3) is 6.54 Å². The van der Waals surface area contributed by atoms with E-state index < -0.39 is 6.29 Å². The Hall–Kier alpha value is -1.14. The first kappa shape index (κ1) is 22.9. The SMILES string of the molecule is COCCO[C@@H](C)c1nnc([C@H](C)OCCOC)n1[N+]CC(OC)OC. The summed E-state index contributed by atoms with van der Waals surface area (Å²) >= 11 is 0. The first-order valence-electron chi connectivity index (χ1n) is 8.48. The fourth-order valence-corrected chi connectivity index (χ4v) is 2.12. The van der Waals surface area contributed by atoms with E-state index in [4.69, 9.17) is 28.4 Å². The Morgan fingerprint density at radius 2 is 1.27 bits per heavy atom. The van der Waals surface area contributed by atoms with Gasteiger partial charge in [0, 0.05) is 28.4 Å². The van der Waals surface area contributed by atoms with Crippen molar-refractivity contribution in [1.82, 2.24) is 20.3 Å². The van der Waals surface area contributed by atoms with Gasteiger partial charge in [-0.15, -0.1) is 10.2 Å². The van der Waals surface area contributed by atoms with Crippen molar-refractivity contribution in [3.63, 3.8) is 0 Å². The van der Waals surface area contributed by atoms with E-state index in [0.717, 1.165) is 0 Å². The molecule has 10 heteroatoms. The van der Waals surface area contributed by atoms with E-state index in [1.807, 2.05) is 13.8 Å². The normalized spacial score (nSPS) is 14.1. The minimum absolute atomic E-state index is 0.278. The van der Waals surface area contributed by atoms with Gasteiger partial charge in [-0.2, -0.15) is 0 Å². The minimum Gasteiger partial charge on any atom is -0.382 e. The molecule has 1 aromatic heterocycles. The molecule has 0 aromatic carbocycles. The summed E-state index contributed by atoms with van der Waals surface area (Å²) in [5.74, 6) is 1.15. The first-order chi connectivity index (χ1) is 12.6. The van der Waals surface area contributed by atoms with E-state index in [1.165, 1.54) is 0 Å². The van der Waals surface area contributed by atoms with E-state index in [2.05, 4.69) is 15.6 Å². The van der Waals surface area contributed by atoms with Gasteiger partial charge < -0.3 is 28.4 Å². The zero-order valence-corrected chi connectivity index (χ0v) is 16.5. The van der Waals surface area contributed by atoms with Gasteiger partial charge in [0.15, 0.2) is 0 Å². The monoisotopic (exact) mass is 375 g/mol. The van der Waals surface area contributed by atoms with Crippen LogP contribution >= 0.6 is 0 Å². The number of nitrogens with zero attached hydrogens (tertiary/aromatic N) is 4. The Morgan fingerprint density at radius 1 is 0.808 bits per heavy atom. The molecular weight excluding hydrogens is 344 g/mol. The van der Waals surface area contributed by atoms with E-state index >= 15 is 0 Å². The highest BCUT2D eigenvalue weighted by Gasteiger charge is 2.31. The predicted molar refractivity (Wildman–Crippen MR) is 92.7 cm³/mol. The molecule has 1 heterocycles. The Labute approximate surface area is 155 Å². The molecule has 0 aliphatic carbocycles. The summed E-state index contributed by atoms with van der Waals surface area (Å²) in [5, 5.41) is 8.47. The maximum Gasteiger partial charge on any atom is 0.271 e. The van der Waals surface area contributed by atoms with Gasteiger partial charge in [0.2, 0.25) is 23.4 Å². The van der Waals surface area contributed by atoms with Crippen molar-refractivity contribution in [2.75, 3.05) is 61.4 Å². The Balaban J connectivity index is 2.90. The number of hydrogen-bond donors (Lipinski definition) is 0. The van der Waals surface area contributed by atoms with Crippen molar-refractivity contribution in [1.29, 1.82) is 0 Å². The Kier molecular flexibility index (Phi) is 11.5. The first-order valence-corrected chi connectivity index (χ1v) is 8.48. The molecule has 26 heavy (non-hydrogen) atoms. The number of hydrogen-bond acceptors (Lipinski definition) is 8. The lowest BCUT2D eigenvalue weighted by molar-refractivity contribution is -0.101. The molecule has 1 aromatic rings. The average Bonchev–Trinajstić information content (AvgIpc) is 3.07. The van der Waals surface area contributed by atoms with Crippen LogP contribution in [-0.2, 0) is 28.4 Å². The molecule has 150 valence electrons. The van der Waals surface area contributed by atoms with Gasteiger partial charge in [-0.3, -0.25) is 0 Å². The molecule has 0 amide bonds. The van der Waals surface area contributed by atoms with Gasteiger partial charge in [-0.1, -0.05) is 0 Å². The molecule has 0 bridgehead atoms. The van der Waals surface area contributed by atoms with Crippen LogP contribution in [0.1, 0.15) is 37.7 Å². The lowest BCUT2D eigenvalue weighted by atomic mass is 10.3. The quantitative estimate of drug-likeness (QED) is 0.326. The van der Waals surface area contributed by atoms with Crippen molar-refractivity contribution < 1.29 is 28.4 Å². The van der Waals surface area contributed by atoms with E-state index in [9.17, 15) is 0 Å². The summed E-state index contributed by atoms with van der Waals surface area (Å²) in [6.07, 6.45) is -1.10. The third-order valence-electron chi connectivity index (χ3n) is 3.62. The van der Waals surface area contributed by atoms with Crippen LogP contribution in [-0.4, -0.2) is 82.6 Å². The molecule has 0 unspecified atom stereocenters. The Bertz CT molecular complexity index is 450. The second kappa shape index (κ2) is 13.1. The third-order valence-corrected chi connectivity index (χ3v) is 3.62. The van der Waals surface area contributed by atoms with Crippen LogP contribution in [0.5, 0.6) is 0 Å². The van der Waals surface area contributed by atoms with E-state index in [1.54, 1.807) is 33.1 Å². The molecule has 0 saturated heterocycles. The predicted octanol–water partition coefficient (Wildman–Crippen LogP) is 0.713. The van der Waals surface area contributed by atoms with Crippen molar-refractivity contribution >= 4 is 0 Å². The van der Waals surface area contributed by atoms with Crippen molar-refractivity contribution in [3.05, 3.63) is 11.6 Å². The summed E-state index contributed by atoms with van der Waals surface area (Å²) in [4.78, 5) is 0. The van der Waals surface area contributed by atoms with Gasteiger partial charge in [-0.05, 0) is 18.5 Å². The molecule has 2 atom stereocenters. The number of rotatable bonds is 15. The van der Waals surface area contributed by atoms with Crippen LogP contribution in [0, 0.1) is 0 Å². The molecule has 0 saturated carbocycles. The molecule has 0 spiro atoms. The van der Waals surface area contributed by atoms with Gasteiger partial charge >= 0.3 is 0 Å². The van der Waals surface area contributed by atoms with Gasteiger partial charge in [0.1, 0.15) is 12.2 Å². The molecule has 0 aliphatic heterocycles. The maximum absolute atomic E-state index is 5.73. The zero-order valence-electron chi connectivity index (χ0n) is 16.5. The summed E-state index contributed by atoms with van der Waals surface area (Å²) in [5.41, 5.74) is 4.53. The summed E-state index contributed by atoms with van der Waals surface area (Å²) in [7, 11) is 6.37. The summed E-state index contributed by atoms with van der Waals surface area (Å²) < 4.78 is 33.5. The second-order valence-electron chi connectivity index (χ2n) is 5.46. The van der Waals surface area contributed by atoms with E-state index in [0.29, 0.717) is 38.1 Å². The van der Waals surface area contributed by atoms with Crippen molar-refractivity contribution in [3.8, 4) is 0 Å². The van der Waals surface area contributed by atoms with Crippen LogP contribution in [0.2, 0.25) is 0 Å². The average molecular weight is 375 g/mol.